The molecule has 0 aliphatic carbocycles. The lowest BCUT2D eigenvalue weighted by atomic mass is 9.77. The van der Waals surface area contributed by atoms with Crippen molar-refractivity contribution >= 4 is 17.5 Å². The zero-order valence-electron chi connectivity index (χ0n) is 17.5. The molecule has 6 heteroatoms. The van der Waals surface area contributed by atoms with Crippen molar-refractivity contribution in [3.63, 3.8) is 0 Å². The van der Waals surface area contributed by atoms with Gasteiger partial charge >= 0.3 is 0 Å². The summed E-state index contributed by atoms with van der Waals surface area (Å²) in [5, 5.41) is 3.04. The maximum absolute atomic E-state index is 13.4. The molecule has 4 atom stereocenters. The first-order valence-corrected chi connectivity index (χ1v) is 10.8. The van der Waals surface area contributed by atoms with Crippen LogP contribution in [0.3, 0.4) is 0 Å². The molecule has 6 nitrogen and oxygen atoms in total. The van der Waals surface area contributed by atoms with E-state index in [0.29, 0.717) is 13.1 Å². The number of rotatable bonds is 7. The number of hydrogen-bond donors (Lipinski definition) is 1. The summed E-state index contributed by atoms with van der Waals surface area (Å²) in [6.45, 7) is 1.00. The molecule has 2 aromatic carbocycles. The van der Waals surface area contributed by atoms with E-state index >= 15 is 0 Å². The molecule has 2 aromatic rings. The molecule has 2 bridgehead atoms. The van der Waals surface area contributed by atoms with Crippen LogP contribution in [0.25, 0.3) is 0 Å². The second-order valence-corrected chi connectivity index (χ2v) is 8.40. The zero-order valence-corrected chi connectivity index (χ0v) is 17.5. The van der Waals surface area contributed by atoms with Crippen LogP contribution in [0.15, 0.2) is 66.7 Å². The average Bonchev–Trinajstić information content (AvgIpc) is 3.45. The Hall–Kier alpha value is -3.12. The van der Waals surface area contributed by atoms with E-state index in [4.69, 9.17) is 9.47 Å². The van der Waals surface area contributed by atoms with E-state index in [2.05, 4.69) is 17.4 Å². The van der Waals surface area contributed by atoms with Gasteiger partial charge in [0.05, 0.1) is 31.6 Å². The van der Waals surface area contributed by atoms with Gasteiger partial charge in [-0.3, -0.25) is 9.59 Å². The van der Waals surface area contributed by atoms with Crippen LogP contribution in [0.4, 0.5) is 5.69 Å². The highest BCUT2D eigenvalue weighted by Gasteiger charge is 2.67. The number of anilines is 1. The number of nitrogens with one attached hydrogen (secondary N) is 1. The third-order valence-corrected chi connectivity index (χ3v) is 6.57. The Kier molecular flexibility index (Phi) is 5.02. The molecule has 3 aliphatic rings. The fourth-order valence-electron chi connectivity index (χ4n) is 5.05. The van der Waals surface area contributed by atoms with Crippen LogP contribution in [0.2, 0.25) is 0 Å². The molecule has 3 aliphatic heterocycles. The first-order chi connectivity index (χ1) is 15.1. The van der Waals surface area contributed by atoms with E-state index in [0.717, 1.165) is 24.3 Å². The largest absolute Gasteiger partial charge is 0.497 e. The minimum atomic E-state index is -0.715. The van der Waals surface area contributed by atoms with Gasteiger partial charge in [0.15, 0.2) is 0 Å². The average molecular weight is 418 g/mol. The van der Waals surface area contributed by atoms with Crippen molar-refractivity contribution in [2.45, 2.75) is 24.5 Å². The summed E-state index contributed by atoms with van der Waals surface area (Å²) in [7, 11) is 1.61. The van der Waals surface area contributed by atoms with Crippen molar-refractivity contribution in [1.29, 1.82) is 0 Å². The van der Waals surface area contributed by atoms with E-state index in [1.165, 1.54) is 5.56 Å². The van der Waals surface area contributed by atoms with Crippen molar-refractivity contribution in [3.8, 4) is 5.75 Å². The van der Waals surface area contributed by atoms with Gasteiger partial charge in [0.25, 0.3) is 0 Å². The predicted octanol–water partition coefficient (Wildman–Crippen LogP) is 2.73. The van der Waals surface area contributed by atoms with E-state index in [9.17, 15) is 9.59 Å². The fraction of sp³-hybridized carbons (Fsp3) is 0.360. The SMILES string of the molecule is COc1ccc(N2C[C@@]34C=C[C@@H](O3)[C@@H](C(=O)NCCCc3ccccc3)[C@H]4C2=O)cc1. The number of nitrogens with zero attached hydrogens (tertiary/aromatic N) is 1. The summed E-state index contributed by atoms with van der Waals surface area (Å²) in [5.41, 5.74) is 1.33. The van der Waals surface area contributed by atoms with Crippen LogP contribution in [-0.2, 0) is 20.7 Å². The van der Waals surface area contributed by atoms with Crippen molar-refractivity contribution in [2.24, 2.45) is 11.8 Å². The fourth-order valence-corrected chi connectivity index (χ4v) is 5.05. The summed E-state index contributed by atoms with van der Waals surface area (Å²) in [6, 6.07) is 17.6. The third kappa shape index (κ3) is 3.41. The van der Waals surface area contributed by atoms with Gasteiger partial charge in [-0.15, -0.1) is 0 Å². The van der Waals surface area contributed by atoms with Crippen LogP contribution in [0, 0.1) is 11.8 Å². The van der Waals surface area contributed by atoms with Crippen LogP contribution in [0.5, 0.6) is 5.75 Å². The van der Waals surface area contributed by atoms with Crippen LogP contribution < -0.4 is 15.0 Å². The number of methoxy groups -OCH3 is 1. The molecule has 0 saturated carbocycles. The smallest absolute Gasteiger partial charge is 0.234 e. The van der Waals surface area contributed by atoms with E-state index < -0.39 is 17.4 Å². The minimum Gasteiger partial charge on any atom is -0.497 e. The van der Waals surface area contributed by atoms with Gasteiger partial charge in [0.2, 0.25) is 11.8 Å². The third-order valence-electron chi connectivity index (χ3n) is 6.57. The van der Waals surface area contributed by atoms with Gasteiger partial charge in [-0.2, -0.15) is 0 Å². The number of fused-ring (bicyclic) bond motifs is 1. The molecule has 0 unspecified atom stereocenters. The lowest BCUT2D eigenvalue weighted by molar-refractivity contribution is -0.131. The molecule has 31 heavy (non-hydrogen) atoms. The summed E-state index contributed by atoms with van der Waals surface area (Å²) >= 11 is 0. The van der Waals surface area contributed by atoms with Gasteiger partial charge in [-0.1, -0.05) is 42.5 Å². The van der Waals surface area contributed by atoms with Gasteiger partial charge < -0.3 is 19.7 Å². The quantitative estimate of drug-likeness (QED) is 0.555. The molecule has 160 valence electrons. The lowest BCUT2D eigenvalue weighted by Crippen LogP contribution is -2.44. The van der Waals surface area contributed by atoms with Gasteiger partial charge in [0, 0.05) is 12.2 Å². The van der Waals surface area contributed by atoms with Gasteiger partial charge in [0.1, 0.15) is 11.4 Å². The van der Waals surface area contributed by atoms with E-state index in [1.54, 1.807) is 12.0 Å². The number of amides is 2. The van der Waals surface area contributed by atoms with Crippen molar-refractivity contribution in [1.82, 2.24) is 5.32 Å². The number of ether oxygens (including phenoxy) is 2. The molecule has 3 heterocycles. The van der Waals surface area contributed by atoms with E-state index in [-0.39, 0.29) is 17.9 Å². The Morgan fingerprint density at radius 2 is 1.97 bits per heavy atom. The molecule has 0 aromatic heterocycles. The normalized spacial score (nSPS) is 28.1. The number of carbonyl (C=O) groups is 2. The molecule has 2 saturated heterocycles. The first kappa shape index (κ1) is 19.8. The zero-order chi connectivity index (χ0) is 21.4. The van der Waals surface area contributed by atoms with Crippen molar-refractivity contribution < 1.29 is 19.1 Å². The Bertz CT molecular complexity index is 1000. The van der Waals surface area contributed by atoms with Crippen LogP contribution >= 0.6 is 0 Å². The maximum Gasteiger partial charge on any atom is 0.234 e. The highest BCUT2D eigenvalue weighted by molar-refractivity contribution is 6.03. The second kappa shape index (κ2) is 7.85. The van der Waals surface area contributed by atoms with E-state index in [1.807, 2.05) is 54.6 Å². The highest BCUT2D eigenvalue weighted by atomic mass is 16.5. The lowest BCUT2D eigenvalue weighted by Gasteiger charge is -2.23. The van der Waals surface area contributed by atoms with Crippen LogP contribution in [0.1, 0.15) is 12.0 Å². The number of benzene rings is 2. The Morgan fingerprint density at radius 1 is 1.19 bits per heavy atom. The molecular formula is C25H26N2O4. The first-order valence-electron chi connectivity index (χ1n) is 10.8. The van der Waals surface area contributed by atoms with Crippen LogP contribution in [-0.4, -0.2) is 43.7 Å². The monoisotopic (exact) mass is 418 g/mol. The Balaban J connectivity index is 1.26. The summed E-state index contributed by atoms with van der Waals surface area (Å²) < 4.78 is 11.4. The maximum atomic E-state index is 13.4. The van der Waals surface area contributed by atoms with Gasteiger partial charge in [-0.05, 0) is 42.7 Å². The Morgan fingerprint density at radius 3 is 2.71 bits per heavy atom. The molecule has 2 fully saturated rings. The minimum absolute atomic E-state index is 0.0542. The summed E-state index contributed by atoms with van der Waals surface area (Å²) in [4.78, 5) is 28.1. The van der Waals surface area contributed by atoms with Crippen molar-refractivity contribution in [3.05, 3.63) is 72.3 Å². The van der Waals surface area contributed by atoms with Gasteiger partial charge in [-0.25, -0.2) is 0 Å². The molecule has 1 spiro atoms. The number of carbonyl (C=O) groups excluding carboxylic acids is 2. The predicted molar refractivity (Wildman–Crippen MR) is 117 cm³/mol. The summed E-state index contributed by atoms with van der Waals surface area (Å²) in [5.74, 6) is -0.393. The Labute approximate surface area is 181 Å². The molecular weight excluding hydrogens is 392 g/mol. The number of hydrogen-bond acceptors (Lipinski definition) is 4. The van der Waals surface area contributed by atoms with Crippen molar-refractivity contribution in [2.75, 3.05) is 25.1 Å². The molecule has 2 amide bonds. The number of aryl methyl sites for hydroxylation is 1. The topological polar surface area (TPSA) is 67.9 Å². The standard InChI is InChI=1S/C25H26N2O4/c1-30-19-11-9-18(10-12-19)27-16-25-14-13-20(31-25)21(22(25)24(27)29)23(28)26-15-5-8-17-6-3-2-4-7-17/h2-4,6-7,9-14,20-22H,5,8,15-16H2,1H3,(H,26,28)/t20-,21-,22+,25-/m1/s1. The second-order valence-electron chi connectivity index (χ2n) is 8.40. The molecule has 5 rings (SSSR count). The molecule has 0 radical (unpaired) electrons. The molecule has 1 N–H and O–H groups in total. The highest BCUT2D eigenvalue weighted by Crippen LogP contribution is 2.52. The summed E-state index contributed by atoms with van der Waals surface area (Å²) in [6.07, 6.45) is 5.34.